The highest BCUT2D eigenvalue weighted by Crippen LogP contribution is 2.47. The van der Waals surface area contributed by atoms with Crippen molar-refractivity contribution < 1.29 is 13.5 Å². The molecule has 1 saturated carbocycles. The molecule has 0 spiro atoms. The summed E-state index contributed by atoms with van der Waals surface area (Å²) in [5.74, 6) is 1.63. The van der Waals surface area contributed by atoms with Crippen LogP contribution in [0.3, 0.4) is 0 Å². The van der Waals surface area contributed by atoms with E-state index in [1.54, 1.807) is 19.2 Å². The van der Waals surface area contributed by atoms with E-state index in [4.69, 9.17) is 4.74 Å². The maximum absolute atomic E-state index is 12.8. The second kappa shape index (κ2) is 8.30. The van der Waals surface area contributed by atoms with Gasteiger partial charge in [-0.3, -0.25) is 9.78 Å². The number of aromatic nitrogens is 4. The summed E-state index contributed by atoms with van der Waals surface area (Å²) in [6.45, 7) is 3.57. The molecule has 0 amide bonds. The van der Waals surface area contributed by atoms with Gasteiger partial charge in [0.25, 0.3) is 12.0 Å². The second-order valence-corrected chi connectivity index (χ2v) is 7.61. The number of hydrogen-bond donors (Lipinski definition) is 0. The van der Waals surface area contributed by atoms with Crippen LogP contribution in [0.1, 0.15) is 29.4 Å². The van der Waals surface area contributed by atoms with Crippen molar-refractivity contribution in [2.45, 2.75) is 39.2 Å². The maximum Gasteiger partial charge on any atom is 0.256 e. The third-order valence-electron chi connectivity index (χ3n) is 5.17. The van der Waals surface area contributed by atoms with Crippen LogP contribution in [0.5, 0.6) is 5.88 Å². The van der Waals surface area contributed by atoms with E-state index in [1.165, 1.54) is 12.3 Å². The first-order chi connectivity index (χ1) is 14.4. The molecule has 1 aliphatic rings. The van der Waals surface area contributed by atoms with Gasteiger partial charge in [0, 0.05) is 47.8 Å². The first-order valence-corrected chi connectivity index (χ1v) is 9.78. The molecule has 2 atom stereocenters. The van der Waals surface area contributed by atoms with Crippen LogP contribution in [0.15, 0.2) is 47.7 Å². The predicted octanol–water partition coefficient (Wildman–Crippen LogP) is 3.76. The molecule has 0 radical (unpaired) electrons. The molecule has 0 N–H and O–H groups in total. The lowest BCUT2D eigenvalue weighted by molar-refractivity contribution is 0.125. The number of alkyl halides is 2. The van der Waals surface area contributed by atoms with Crippen LogP contribution < -0.4 is 10.3 Å². The molecule has 30 heavy (non-hydrogen) atoms. The molecule has 3 aromatic heterocycles. The van der Waals surface area contributed by atoms with Gasteiger partial charge in [-0.1, -0.05) is 6.07 Å². The van der Waals surface area contributed by atoms with Crippen LogP contribution in [-0.2, 0) is 6.54 Å². The molecule has 8 heteroatoms. The first kappa shape index (κ1) is 20.1. The van der Waals surface area contributed by atoms with Crippen molar-refractivity contribution in [3.05, 3.63) is 70.3 Å². The Morgan fingerprint density at radius 2 is 2.00 bits per heavy atom. The molecule has 156 valence electrons. The van der Waals surface area contributed by atoms with E-state index in [0.717, 1.165) is 22.2 Å². The van der Waals surface area contributed by atoms with Crippen molar-refractivity contribution in [2.75, 3.05) is 6.61 Å². The van der Waals surface area contributed by atoms with Crippen LogP contribution in [-0.4, -0.2) is 32.6 Å². The summed E-state index contributed by atoms with van der Waals surface area (Å²) in [5, 5.41) is 0. The summed E-state index contributed by atoms with van der Waals surface area (Å²) in [6.07, 6.45) is 3.23. The molecule has 3 aromatic rings. The molecule has 6 nitrogen and oxygen atoms in total. The third kappa shape index (κ3) is 4.53. The average molecular weight is 412 g/mol. The van der Waals surface area contributed by atoms with E-state index in [1.807, 2.05) is 19.2 Å². The molecule has 0 aliphatic heterocycles. The Hall–Kier alpha value is -3.16. The molecule has 0 saturated heterocycles. The lowest BCUT2D eigenvalue weighted by Gasteiger charge is -2.12. The number of aryl methyl sites for hydroxylation is 2. The number of halogens is 2. The number of pyridine rings is 2. The summed E-state index contributed by atoms with van der Waals surface area (Å²) in [7, 11) is 0. The van der Waals surface area contributed by atoms with E-state index < -0.39 is 18.5 Å². The van der Waals surface area contributed by atoms with Gasteiger partial charge in [0.1, 0.15) is 5.82 Å². The Balaban J connectivity index is 1.52. The van der Waals surface area contributed by atoms with E-state index in [9.17, 15) is 13.6 Å². The topological polar surface area (TPSA) is 69.9 Å². The van der Waals surface area contributed by atoms with Crippen LogP contribution >= 0.6 is 0 Å². The number of rotatable bonds is 7. The number of hydrogen-bond acceptors (Lipinski definition) is 5. The van der Waals surface area contributed by atoms with Crippen LogP contribution in [0, 0.1) is 19.8 Å². The van der Waals surface area contributed by atoms with E-state index in [2.05, 4.69) is 21.0 Å². The molecular weight excluding hydrogens is 390 g/mol. The molecule has 0 aromatic carbocycles. The fraction of sp³-hybridized carbons (Fsp3) is 0.364. The third-order valence-corrected chi connectivity index (χ3v) is 5.17. The van der Waals surface area contributed by atoms with Gasteiger partial charge in [-0.05, 0) is 38.0 Å². The fourth-order valence-electron chi connectivity index (χ4n) is 3.42. The van der Waals surface area contributed by atoms with Crippen molar-refractivity contribution in [2.24, 2.45) is 5.92 Å². The molecule has 0 bridgehead atoms. The minimum absolute atomic E-state index is 0.344. The Morgan fingerprint density at radius 3 is 2.73 bits per heavy atom. The van der Waals surface area contributed by atoms with Crippen molar-refractivity contribution in [3.63, 3.8) is 0 Å². The molecule has 3 heterocycles. The van der Waals surface area contributed by atoms with Crippen molar-refractivity contribution in [3.8, 4) is 17.0 Å². The summed E-state index contributed by atoms with van der Waals surface area (Å²) < 4.78 is 32.5. The Labute approximate surface area is 172 Å². The van der Waals surface area contributed by atoms with Gasteiger partial charge in [-0.2, -0.15) is 4.98 Å². The van der Waals surface area contributed by atoms with E-state index in [-0.39, 0.29) is 0 Å². The molecule has 1 aliphatic carbocycles. The smallest absolute Gasteiger partial charge is 0.256 e. The summed E-state index contributed by atoms with van der Waals surface area (Å²) >= 11 is 0. The second-order valence-electron chi connectivity index (χ2n) is 7.61. The van der Waals surface area contributed by atoms with Gasteiger partial charge in [0.05, 0.1) is 18.7 Å². The Bertz CT molecular complexity index is 1100. The van der Waals surface area contributed by atoms with Gasteiger partial charge in [0.2, 0.25) is 5.88 Å². The highest BCUT2D eigenvalue weighted by Gasteiger charge is 2.40. The van der Waals surface area contributed by atoms with Crippen molar-refractivity contribution in [1.82, 2.24) is 19.5 Å². The summed E-state index contributed by atoms with van der Waals surface area (Å²) in [4.78, 5) is 24.9. The van der Waals surface area contributed by atoms with Crippen LogP contribution in [0.2, 0.25) is 0 Å². The largest absolute Gasteiger partial charge is 0.477 e. The van der Waals surface area contributed by atoms with Gasteiger partial charge < -0.3 is 9.30 Å². The number of nitrogens with zero attached hydrogens (tertiary/aromatic N) is 4. The van der Waals surface area contributed by atoms with Crippen LogP contribution in [0.25, 0.3) is 11.1 Å². The molecule has 4 rings (SSSR count). The highest BCUT2D eigenvalue weighted by molar-refractivity contribution is 5.66. The standard InChI is InChI=1S/C22H22F2N4O2/c1-13-3-5-19(26-8-13)17-7-16(17)12-30-22-18(9-25-14(2)27-22)15-4-6-21(29)28(10-15)11-20(23)24/h3-6,8-10,16-17,20H,7,11-12H2,1-2H3/t16?,17-/m0/s1. The normalized spacial score (nSPS) is 17.9. The van der Waals surface area contributed by atoms with Crippen LogP contribution in [0.4, 0.5) is 8.78 Å². The number of ether oxygens (including phenoxy) is 1. The zero-order chi connectivity index (χ0) is 21.3. The van der Waals surface area contributed by atoms with Crippen molar-refractivity contribution >= 4 is 0 Å². The van der Waals surface area contributed by atoms with E-state index in [0.29, 0.717) is 41.3 Å². The summed E-state index contributed by atoms with van der Waals surface area (Å²) in [6, 6.07) is 6.94. The minimum Gasteiger partial charge on any atom is -0.477 e. The zero-order valence-corrected chi connectivity index (χ0v) is 16.8. The maximum atomic E-state index is 12.8. The lowest BCUT2D eigenvalue weighted by atomic mass is 10.1. The fourth-order valence-corrected chi connectivity index (χ4v) is 3.42. The lowest BCUT2D eigenvalue weighted by Crippen LogP contribution is -2.22. The molecular formula is C22H22F2N4O2. The Kier molecular flexibility index (Phi) is 5.57. The zero-order valence-electron chi connectivity index (χ0n) is 16.8. The monoisotopic (exact) mass is 412 g/mol. The van der Waals surface area contributed by atoms with Gasteiger partial charge >= 0.3 is 0 Å². The van der Waals surface area contributed by atoms with Gasteiger partial charge in [-0.15, -0.1) is 0 Å². The van der Waals surface area contributed by atoms with E-state index >= 15 is 0 Å². The highest BCUT2D eigenvalue weighted by atomic mass is 19.3. The van der Waals surface area contributed by atoms with Gasteiger partial charge in [-0.25, -0.2) is 13.8 Å². The minimum atomic E-state index is -2.62. The SMILES string of the molecule is Cc1ccc([C@H]2CC2COc2nc(C)ncc2-c2ccc(=O)n(CC(F)F)c2)nc1. The van der Waals surface area contributed by atoms with Gasteiger partial charge in [0.15, 0.2) is 0 Å². The average Bonchev–Trinajstić information content (AvgIpc) is 3.48. The summed E-state index contributed by atoms with van der Waals surface area (Å²) in [5.41, 5.74) is 2.82. The predicted molar refractivity (Wildman–Crippen MR) is 108 cm³/mol. The van der Waals surface area contributed by atoms with Crippen molar-refractivity contribution in [1.29, 1.82) is 0 Å². The molecule has 1 unspecified atom stereocenters. The quantitative estimate of drug-likeness (QED) is 0.591. The Morgan fingerprint density at radius 1 is 1.17 bits per heavy atom. The first-order valence-electron chi connectivity index (χ1n) is 9.78. The molecule has 1 fully saturated rings.